The first-order valence-electron chi connectivity index (χ1n) is 11.4. The van der Waals surface area contributed by atoms with E-state index in [9.17, 15) is 14.4 Å². The van der Waals surface area contributed by atoms with E-state index >= 15 is 0 Å². The Labute approximate surface area is 180 Å². The van der Waals surface area contributed by atoms with E-state index in [0.29, 0.717) is 31.2 Å². The molecule has 2 amide bonds. The number of allylic oxidation sites excluding steroid dienone is 2. The Morgan fingerprint density at radius 2 is 1.80 bits per heavy atom. The molecule has 2 rings (SSSR count). The molecule has 2 aliphatic heterocycles. The van der Waals surface area contributed by atoms with Gasteiger partial charge >= 0.3 is 5.97 Å². The Kier molecular flexibility index (Phi) is 10.3. The summed E-state index contributed by atoms with van der Waals surface area (Å²) in [6.45, 7) is 2.78. The van der Waals surface area contributed by atoms with Gasteiger partial charge in [-0.2, -0.15) is 0 Å². The lowest BCUT2D eigenvalue weighted by Gasteiger charge is -2.27. The van der Waals surface area contributed by atoms with Crippen LogP contribution in [0.25, 0.3) is 0 Å². The number of likely N-dealkylation sites (N-methyl/N-ethyl adjacent to an activating group) is 1. The van der Waals surface area contributed by atoms with Gasteiger partial charge in [-0.1, -0.05) is 31.9 Å². The molecule has 7 heteroatoms. The van der Waals surface area contributed by atoms with Crippen molar-refractivity contribution in [3.63, 3.8) is 0 Å². The summed E-state index contributed by atoms with van der Waals surface area (Å²) < 4.78 is 6.09. The predicted octanol–water partition coefficient (Wildman–Crippen LogP) is 3.14. The van der Waals surface area contributed by atoms with Gasteiger partial charge in [-0.3, -0.25) is 14.4 Å². The maximum Gasteiger partial charge on any atom is 0.303 e. The molecule has 2 saturated heterocycles. The van der Waals surface area contributed by atoms with Crippen molar-refractivity contribution in [1.82, 2.24) is 10.2 Å². The van der Waals surface area contributed by atoms with Crippen LogP contribution < -0.4 is 5.32 Å². The van der Waals surface area contributed by atoms with Crippen molar-refractivity contribution in [2.75, 3.05) is 20.1 Å². The molecule has 0 saturated carbocycles. The fourth-order valence-electron chi connectivity index (χ4n) is 4.53. The van der Waals surface area contributed by atoms with Crippen LogP contribution in [0.5, 0.6) is 0 Å². The fraction of sp³-hybridized carbons (Fsp3) is 0.783. The SMILES string of the molecule is CCCCCC(=O)N(C)CC(=O)NCC1C2CCC(O2)C1C/C=C/CCCC(=O)O. The first kappa shape index (κ1) is 24.4. The summed E-state index contributed by atoms with van der Waals surface area (Å²) in [7, 11) is 1.69. The van der Waals surface area contributed by atoms with Gasteiger partial charge in [0.1, 0.15) is 0 Å². The number of amides is 2. The minimum atomic E-state index is -0.756. The molecule has 2 aliphatic rings. The fourth-order valence-corrected chi connectivity index (χ4v) is 4.53. The third kappa shape index (κ3) is 7.74. The number of aliphatic carboxylic acids is 1. The molecule has 2 heterocycles. The molecule has 4 atom stereocenters. The molecular weight excluding hydrogens is 384 g/mol. The lowest BCUT2D eigenvalue weighted by molar-refractivity contribution is -0.137. The molecule has 0 spiro atoms. The van der Waals surface area contributed by atoms with Crippen molar-refractivity contribution in [3.8, 4) is 0 Å². The summed E-state index contributed by atoms with van der Waals surface area (Å²) in [5, 5.41) is 11.7. The van der Waals surface area contributed by atoms with Crippen LogP contribution in [0.3, 0.4) is 0 Å². The number of fused-ring (bicyclic) bond motifs is 2. The van der Waals surface area contributed by atoms with Crippen molar-refractivity contribution in [2.24, 2.45) is 11.8 Å². The van der Waals surface area contributed by atoms with Crippen LogP contribution in [0.2, 0.25) is 0 Å². The second kappa shape index (κ2) is 12.7. The van der Waals surface area contributed by atoms with E-state index in [1.165, 1.54) is 4.90 Å². The predicted molar refractivity (Wildman–Crippen MR) is 115 cm³/mol. The van der Waals surface area contributed by atoms with E-state index < -0.39 is 5.97 Å². The number of carboxylic acids is 1. The minimum Gasteiger partial charge on any atom is -0.481 e. The van der Waals surface area contributed by atoms with E-state index in [2.05, 4.69) is 24.4 Å². The largest absolute Gasteiger partial charge is 0.481 e. The van der Waals surface area contributed by atoms with Crippen LogP contribution in [-0.2, 0) is 19.1 Å². The van der Waals surface area contributed by atoms with Crippen molar-refractivity contribution in [3.05, 3.63) is 12.2 Å². The van der Waals surface area contributed by atoms with Crippen molar-refractivity contribution in [2.45, 2.75) is 83.3 Å². The molecule has 2 fully saturated rings. The van der Waals surface area contributed by atoms with E-state index in [1.54, 1.807) is 7.05 Å². The highest BCUT2D eigenvalue weighted by molar-refractivity contribution is 5.84. The minimum absolute atomic E-state index is 0.0211. The molecule has 170 valence electrons. The molecule has 0 aromatic rings. The van der Waals surface area contributed by atoms with Crippen LogP contribution in [0.15, 0.2) is 12.2 Å². The van der Waals surface area contributed by atoms with Gasteiger partial charge in [-0.25, -0.2) is 0 Å². The molecule has 0 aromatic carbocycles. The summed E-state index contributed by atoms with van der Waals surface area (Å²) >= 11 is 0. The van der Waals surface area contributed by atoms with Gasteiger partial charge in [0.25, 0.3) is 0 Å². The van der Waals surface area contributed by atoms with Gasteiger partial charge < -0.3 is 20.1 Å². The standard InChI is InChI=1S/C23H38N2O5/c1-3-4-7-11-22(27)25(2)16-21(26)24-15-18-17(19-13-14-20(18)30-19)10-8-5-6-9-12-23(28)29/h5,8,17-20H,3-4,6-7,9-16H2,1-2H3,(H,24,26)(H,28,29)/b8-5+. The molecule has 30 heavy (non-hydrogen) atoms. The number of rotatable bonds is 14. The first-order valence-corrected chi connectivity index (χ1v) is 11.4. The Hall–Kier alpha value is -1.89. The van der Waals surface area contributed by atoms with Crippen molar-refractivity contribution < 1.29 is 24.2 Å². The molecule has 4 unspecified atom stereocenters. The Bertz CT molecular complexity index is 606. The quantitative estimate of drug-likeness (QED) is 0.331. The smallest absolute Gasteiger partial charge is 0.303 e. The van der Waals surface area contributed by atoms with Crippen LogP contribution in [0, 0.1) is 11.8 Å². The maximum absolute atomic E-state index is 12.3. The van der Waals surface area contributed by atoms with Gasteiger partial charge in [-0.15, -0.1) is 0 Å². The highest BCUT2D eigenvalue weighted by Crippen LogP contribution is 2.44. The van der Waals surface area contributed by atoms with Crippen molar-refractivity contribution in [1.29, 1.82) is 0 Å². The topological polar surface area (TPSA) is 95.9 Å². The normalized spacial score (nSPS) is 25.0. The Morgan fingerprint density at radius 1 is 1.07 bits per heavy atom. The van der Waals surface area contributed by atoms with Crippen LogP contribution >= 0.6 is 0 Å². The first-order chi connectivity index (χ1) is 14.4. The van der Waals surface area contributed by atoms with E-state index in [4.69, 9.17) is 9.84 Å². The number of hydrogen-bond acceptors (Lipinski definition) is 4. The maximum atomic E-state index is 12.3. The highest BCUT2D eigenvalue weighted by Gasteiger charge is 2.47. The Morgan fingerprint density at radius 3 is 2.50 bits per heavy atom. The average molecular weight is 423 g/mol. The molecule has 2 bridgehead atoms. The summed E-state index contributed by atoms with van der Waals surface area (Å²) in [5.41, 5.74) is 0. The number of carboxylic acid groups (broad SMARTS) is 1. The highest BCUT2D eigenvalue weighted by atomic mass is 16.5. The third-order valence-corrected chi connectivity index (χ3v) is 6.26. The van der Waals surface area contributed by atoms with Gasteiger partial charge in [0.15, 0.2) is 0 Å². The number of unbranched alkanes of at least 4 members (excludes halogenated alkanes) is 3. The third-order valence-electron chi connectivity index (χ3n) is 6.26. The molecule has 0 aliphatic carbocycles. The van der Waals surface area contributed by atoms with E-state index in [1.807, 2.05) is 0 Å². The van der Waals surface area contributed by atoms with E-state index in [-0.39, 0.29) is 37.0 Å². The second-order valence-corrected chi connectivity index (χ2v) is 8.62. The van der Waals surface area contributed by atoms with Crippen molar-refractivity contribution >= 4 is 17.8 Å². The zero-order chi connectivity index (χ0) is 21.9. The monoisotopic (exact) mass is 422 g/mol. The van der Waals surface area contributed by atoms with Gasteiger partial charge in [-0.05, 0) is 44.4 Å². The van der Waals surface area contributed by atoms with Crippen LogP contribution in [-0.4, -0.2) is 60.1 Å². The van der Waals surface area contributed by atoms with Crippen LogP contribution in [0.4, 0.5) is 0 Å². The molecule has 2 N–H and O–H groups in total. The number of nitrogens with zero attached hydrogens (tertiary/aromatic N) is 1. The zero-order valence-corrected chi connectivity index (χ0v) is 18.5. The zero-order valence-electron chi connectivity index (χ0n) is 18.5. The summed E-state index contributed by atoms with van der Waals surface area (Å²) in [6, 6.07) is 0. The molecular formula is C23H38N2O5. The van der Waals surface area contributed by atoms with Crippen LogP contribution in [0.1, 0.15) is 71.1 Å². The lowest BCUT2D eigenvalue weighted by atomic mass is 9.77. The number of carbonyl (C=O) groups is 3. The van der Waals surface area contributed by atoms with Gasteiger partial charge in [0.05, 0.1) is 18.8 Å². The number of hydrogen-bond donors (Lipinski definition) is 2. The number of nitrogens with one attached hydrogen (secondary N) is 1. The van der Waals surface area contributed by atoms with Gasteiger partial charge in [0, 0.05) is 32.4 Å². The molecule has 0 aromatic heterocycles. The lowest BCUT2D eigenvalue weighted by Crippen LogP contribution is -2.43. The van der Waals surface area contributed by atoms with E-state index in [0.717, 1.165) is 44.9 Å². The summed E-state index contributed by atoms with van der Waals surface area (Å²) in [6.07, 6.45) is 12.8. The average Bonchev–Trinajstić information content (AvgIpc) is 3.30. The second-order valence-electron chi connectivity index (χ2n) is 8.62. The molecule has 7 nitrogen and oxygen atoms in total. The number of ether oxygens (including phenoxy) is 1. The summed E-state index contributed by atoms with van der Waals surface area (Å²) in [4.78, 5) is 36.5. The Balaban J connectivity index is 1.73. The number of carbonyl (C=O) groups excluding carboxylic acids is 2. The molecule has 0 radical (unpaired) electrons. The summed E-state index contributed by atoms with van der Waals surface area (Å²) in [5.74, 6) is -0.177. The van der Waals surface area contributed by atoms with Gasteiger partial charge in [0.2, 0.25) is 11.8 Å².